The second-order valence-electron chi connectivity index (χ2n) is 6.55. The Morgan fingerprint density at radius 1 is 0.893 bits per heavy atom. The lowest BCUT2D eigenvalue weighted by atomic mass is 10.2. The molecule has 0 aliphatic carbocycles. The van der Waals surface area contributed by atoms with Crippen LogP contribution in [0, 0.1) is 0 Å². The minimum absolute atomic E-state index is 0.191. The first-order valence-corrected chi connectivity index (χ1v) is 10.4. The Morgan fingerprint density at radius 3 is 2.18 bits per heavy atom. The van der Waals surface area contributed by atoms with Gasteiger partial charge in [-0.25, -0.2) is 13.2 Å². The van der Waals surface area contributed by atoms with Crippen LogP contribution < -0.4 is 14.4 Å². The van der Waals surface area contributed by atoms with Gasteiger partial charge in [0.05, 0.1) is 10.5 Å². The summed E-state index contributed by atoms with van der Waals surface area (Å²) in [4.78, 5) is 13.2. The van der Waals surface area contributed by atoms with E-state index in [-0.39, 0.29) is 10.5 Å². The van der Waals surface area contributed by atoms with Crippen LogP contribution in [0.25, 0.3) is 0 Å². The number of carbonyl (C=O) groups is 1. The molecule has 1 fully saturated rings. The number of anilines is 1. The molecular formula is C19H20N2O6S. The standard InChI is InChI=1S/C19H20N2O6S/c22-19(23)14-1-3-15(4-2-14)20-7-9-21(10-8-20)28(24,25)16-5-6-17-18(13-16)27-12-11-26-17/h1-6,13H,7-12H2,(H,22,23). The molecule has 28 heavy (non-hydrogen) atoms. The van der Waals surface area contributed by atoms with E-state index >= 15 is 0 Å². The molecule has 8 nitrogen and oxygen atoms in total. The van der Waals surface area contributed by atoms with Gasteiger partial charge < -0.3 is 19.5 Å². The van der Waals surface area contributed by atoms with Crippen molar-refractivity contribution >= 4 is 21.7 Å². The Bertz CT molecular complexity index is 982. The summed E-state index contributed by atoms with van der Waals surface area (Å²) < 4.78 is 38.4. The monoisotopic (exact) mass is 404 g/mol. The maximum atomic E-state index is 13.0. The van der Waals surface area contributed by atoms with Crippen LogP contribution in [0.15, 0.2) is 47.4 Å². The molecule has 2 aliphatic heterocycles. The van der Waals surface area contributed by atoms with E-state index in [2.05, 4.69) is 0 Å². The van der Waals surface area contributed by atoms with Crippen LogP contribution in [-0.2, 0) is 10.0 Å². The Labute approximate surface area is 162 Å². The first-order valence-electron chi connectivity index (χ1n) is 8.93. The average molecular weight is 404 g/mol. The second-order valence-corrected chi connectivity index (χ2v) is 8.49. The molecule has 4 rings (SSSR count). The fourth-order valence-electron chi connectivity index (χ4n) is 3.33. The van der Waals surface area contributed by atoms with Crippen molar-refractivity contribution in [3.05, 3.63) is 48.0 Å². The third-order valence-corrected chi connectivity index (χ3v) is 6.76. The number of rotatable bonds is 4. The predicted octanol–water partition coefficient (Wildman–Crippen LogP) is 1.67. The van der Waals surface area contributed by atoms with Gasteiger partial charge in [0, 0.05) is 37.9 Å². The van der Waals surface area contributed by atoms with Gasteiger partial charge in [-0.2, -0.15) is 4.31 Å². The molecule has 0 amide bonds. The Kier molecular flexibility index (Phi) is 4.86. The van der Waals surface area contributed by atoms with E-state index < -0.39 is 16.0 Å². The molecule has 0 unspecified atom stereocenters. The van der Waals surface area contributed by atoms with E-state index in [0.29, 0.717) is 50.9 Å². The number of hydrogen-bond donors (Lipinski definition) is 1. The average Bonchev–Trinajstić information content (AvgIpc) is 2.73. The summed E-state index contributed by atoms with van der Waals surface area (Å²) in [6.07, 6.45) is 0. The number of benzene rings is 2. The quantitative estimate of drug-likeness (QED) is 0.828. The van der Waals surface area contributed by atoms with E-state index in [4.69, 9.17) is 14.6 Å². The molecule has 2 aromatic rings. The van der Waals surface area contributed by atoms with Crippen molar-refractivity contribution < 1.29 is 27.8 Å². The van der Waals surface area contributed by atoms with Gasteiger partial charge in [0.25, 0.3) is 0 Å². The molecule has 0 aromatic heterocycles. The number of piperazine rings is 1. The van der Waals surface area contributed by atoms with Crippen molar-refractivity contribution in [3.63, 3.8) is 0 Å². The number of hydrogen-bond acceptors (Lipinski definition) is 6. The lowest BCUT2D eigenvalue weighted by Crippen LogP contribution is -2.48. The fourth-order valence-corrected chi connectivity index (χ4v) is 4.77. The Morgan fingerprint density at radius 2 is 1.54 bits per heavy atom. The minimum Gasteiger partial charge on any atom is -0.486 e. The summed E-state index contributed by atoms with van der Waals surface area (Å²) >= 11 is 0. The molecule has 2 aromatic carbocycles. The molecule has 2 heterocycles. The number of carboxylic acid groups (broad SMARTS) is 1. The topological polar surface area (TPSA) is 96.4 Å². The Balaban J connectivity index is 1.46. The van der Waals surface area contributed by atoms with Crippen LogP contribution in [0.1, 0.15) is 10.4 Å². The van der Waals surface area contributed by atoms with E-state index in [1.54, 1.807) is 36.4 Å². The first-order chi connectivity index (χ1) is 13.4. The molecule has 148 valence electrons. The SMILES string of the molecule is O=C(O)c1ccc(N2CCN(S(=O)(=O)c3ccc4c(c3)OCCO4)CC2)cc1. The largest absolute Gasteiger partial charge is 0.486 e. The zero-order valence-electron chi connectivity index (χ0n) is 15.1. The van der Waals surface area contributed by atoms with Gasteiger partial charge in [0.15, 0.2) is 11.5 Å². The summed E-state index contributed by atoms with van der Waals surface area (Å²) in [6, 6.07) is 11.3. The van der Waals surface area contributed by atoms with Crippen molar-refractivity contribution in [1.29, 1.82) is 0 Å². The molecular weight excluding hydrogens is 384 g/mol. The smallest absolute Gasteiger partial charge is 0.335 e. The summed E-state index contributed by atoms with van der Waals surface area (Å²) in [5.74, 6) is 0.0335. The van der Waals surface area contributed by atoms with Crippen LogP contribution in [0.2, 0.25) is 0 Å². The number of fused-ring (bicyclic) bond motifs is 1. The summed E-state index contributed by atoms with van der Waals surface area (Å²) in [7, 11) is -3.63. The zero-order valence-corrected chi connectivity index (χ0v) is 15.9. The van der Waals surface area contributed by atoms with Gasteiger partial charge >= 0.3 is 5.97 Å². The van der Waals surface area contributed by atoms with E-state index in [9.17, 15) is 13.2 Å². The lowest BCUT2D eigenvalue weighted by Gasteiger charge is -2.35. The number of sulfonamides is 1. The van der Waals surface area contributed by atoms with Gasteiger partial charge in [0.2, 0.25) is 10.0 Å². The third-order valence-electron chi connectivity index (χ3n) is 4.87. The van der Waals surface area contributed by atoms with Crippen molar-refractivity contribution in [2.24, 2.45) is 0 Å². The highest BCUT2D eigenvalue weighted by Gasteiger charge is 2.30. The van der Waals surface area contributed by atoms with Crippen molar-refractivity contribution in [1.82, 2.24) is 4.31 Å². The molecule has 9 heteroatoms. The van der Waals surface area contributed by atoms with Crippen molar-refractivity contribution in [2.75, 3.05) is 44.3 Å². The molecule has 0 spiro atoms. The molecule has 1 N–H and O–H groups in total. The molecule has 0 atom stereocenters. The number of ether oxygens (including phenoxy) is 2. The normalized spacial score (nSPS) is 17.4. The number of carboxylic acids is 1. The first kappa shape index (κ1) is 18.6. The molecule has 0 saturated carbocycles. The summed E-state index contributed by atoms with van der Waals surface area (Å²) in [5, 5.41) is 8.99. The second kappa shape index (κ2) is 7.33. The number of aromatic carboxylic acids is 1. The van der Waals surface area contributed by atoms with Crippen LogP contribution in [-0.4, -0.2) is 63.2 Å². The number of nitrogens with zero attached hydrogens (tertiary/aromatic N) is 2. The molecule has 0 radical (unpaired) electrons. The summed E-state index contributed by atoms with van der Waals surface area (Å²) in [6.45, 7) is 2.59. The van der Waals surface area contributed by atoms with Crippen molar-refractivity contribution in [2.45, 2.75) is 4.90 Å². The van der Waals surface area contributed by atoms with Crippen LogP contribution in [0.5, 0.6) is 11.5 Å². The molecule has 2 aliphatic rings. The van der Waals surface area contributed by atoms with Gasteiger partial charge in [-0.15, -0.1) is 0 Å². The molecule has 1 saturated heterocycles. The summed E-state index contributed by atoms with van der Waals surface area (Å²) in [5.41, 5.74) is 1.10. The van der Waals surface area contributed by atoms with Crippen LogP contribution >= 0.6 is 0 Å². The maximum absolute atomic E-state index is 13.0. The van der Waals surface area contributed by atoms with Gasteiger partial charge in [-0.1, -0.05) is 0 Å². The third kappa shape index (κ3) is 3.50. The zero-order chi connectivity index (χ0) is 19.7. The van der Waals surface area contributed by atoms with Crippen LogP contribution in [0.4, 0.5) is 5.69 Å². The van der Waals surface area contributed by atoms with E-state index in [1.807, 2.05) is 4.90 Å². The maximum Gasteiger partial charge on any atom is 0.335 e. The van der Waals surface area contributed by atoms with Gasteiger partial charge in [0.1, 0.15) is 13.2 Å². The van der Waals surface area contributed by atoms with E-state index in [0.717, 1.165) is 5.69 Å². The van der Waals surface area contributed by atoms with Crippen molar-refractivity contribution in [3.8, 4) is 11.5 Å². The van der Waals surface area contributed by atoms with Gasteiger partial charge in [-0.3, -0.25) is 0 Å². The highest BCUT2D eigenvalue weighted by Crippen LogP contribution is 2.33. The Hall–Kier alpha value is -2.78. The minimum atomic E-state index is -3.63. The molecule has 0 bridgehead atoms. The fraction of sp³-hybridized carbons (Fsp3) is 0.316. The lowest BCUT2D eigenvalue weighted by molar-refractivity contribution is 0.0697. The highest BCUT2D eigenvalue weighted by atomic mass is 32.2. The predicted molar refractivity (Wildman–Crippen MR) is 102 cm³/mol. The van der Waals surface area contributed by atoms with Gasteiger partial charge in [-0.05, 0) is 36.4 Å². The van der Waals surface area contributed by atoms with Crippen LogP contribution in [0.3, 0.4) is 0 Å². The highest BCUT2D eigenvalue weighted by molar-refractivity contribution is 7.89. The van der Waals surface area contributed by atoms with E-state index in [1.165, 1.54) is 10.4 Å².